The number of nitrogens with one attached hydrogen (secondary N) is 1. The molecule has 0 aromatic carbocycles. The first kappa shape index (κ1) is 26.6. The summed E-state index contributed by atoms with van der Waals surface area (Å²) in [6.07, 6.45) is -5.05. The van der Waals surface area contributed by atoms with Gasteiger partial charge in [-0.25, -0.2) is 23.1 Å². The Bertz CT molecular complexity index is 1250. The Morgan fingerprint density at radius 1 is 1.12 bits per heavy atom. The van der Waals surface area contributed by atoms with E-state index in [-0.39, 0.29) is 21.2 Å². The predicted molar refractivity (Wildman–Crippen MR) is 106 cm³/mol. The van der Waals surface area contributed by atoms with Crippen molar-refractivity contribution in [2.45, 2.75) is 24.4 Å². The van der Waals surface area contributed by atoms with Gasteiger partial charge in [-0.1, -0.05) is 12.2 Å². The monoisotopic (exact) mass is 552 g/mol. The molecular weight excluding hydrogens is 536 g/mol. The number of fused-ring (bicyclic) bond motifs is 1. The third-order valence-corrected chi connectivity index (χ3v) is 8.36. The molecule has 6 atom stereocenters. The summed E-state index contributed by atoms with van der Waals surface area (Å²) in [4.78, 5) is 42.2. The molecule has 0 radical (unpaired) electrons. The zero-order chi connectivity index (χ0) is 24.8. The van der Waals surface area contributed by atoms with E-state index in [0.29, 0.717) is 0 Å². The van der Waals surface area contributed by atoms with Gasteiger partial charge in [0.05, 0.1) is 12.0 Å². The topological polar surface area (TPSA) is 238 Å². The maximum Gasteiger partial charge on any atom is 0.490 e. The Kier molecular flexibility index (Phi) is 7.71. The molecule has 7 N–H and O–H groups in total. The highest BCUT2D eigenvalue weighted by Gasteiger charge is 2.46. The number of rotatable bonds is 8. The second-order valence-corrected chi connectivity index (χ2v) is 11.4. The first-order valence-electron chi connectivity index (χ1n) is 8.56. The van der Waals surface area contributed by atoms with Gasteiger partial charge in [0.2, 0.25) is 0 Å². The van der Waals surface area contributed by atoms with E-state index in [1.165, 1.54) is 12.3 Å². The van der Waals surface area contributed by atoms with Crippen LogP contribution >= 0.6 is 35.7 Å². The second-order valence-electron chi connectivity index (χ2n) is 6.57. The molecule has 1 saturated heterocycles. The number of pyridine rings is 2. The molecule has 20 heteroatoms. The van der Waals surface area contributed by atoms with E-state index in [9.17, 15) is 33.2 Å². The van der Waals surface area contributed by atoms with E-state index in [2.05, 4.69) is 23.1 Å². The van der Waals surface area contributed by atoms with Crippen LogP contribution < -0.4 is 0 Å². The molecule has 0 saturated carbocycles. The van der Waals surface area contributed by atoms with Crippen molar-refractivity contribution in [3.63, 3.8) is 0 Å². The van der Waals surface area contributed by atoms with Crippen molar-refractivity contribution in [2.75, 3.05) is 6.61 Å². The average Bonchev–Trinajstić information content (AvgIpc) is 2.91. The molecule has 184 valence electrons. The molecule has 1 aliphatic rings. The Morgan fingerprint density at radius 3 is 2.42 bits per heavy atom. The van der Waals surface area contributed by atoms with Gasteiger partial charge >= 0.3 is 23.5 Å². The molecule has 0 amide bonds. The number of aromatic nitrogens is 2. The van der Waals surface area contributed by atoms with Crippen LogP contribution in [0.5, 0.6) is 0 Å². The smallest absolute Gasteiger partial charge is 0.387 e. The van der Waals surface area contributed by atoms with Crippen LogP contribution in [0.1, 0.15) is 11.7 Å². The first-order chi connectivity index (χ1) is 15.1. The van der Waals surface area contributed by atoms with Crippen LogP contribution in [0, 0.1) is 10.5 Å². The summed E-state index contributed by atoms with van der Waals surface area (Å²) in [7, 11) is -16.8. The third kappa shape index (κ3) is 6.57. The fourth-order valence-electron chi connectivity index (χ4n) is 2.91. The maximum absolute atomic E-state index is 14.1. The van der Waals surface area contributed by atoms with Gasteiger partial charge in [-0.15, -0.1) is 0 Å². The number of phosphoric acid groups is 3. The molecule has 0 spiro atoms. The van der Waals surface area contributed by atoms with E-state index < -0.39 is 60.3 Å². The number of halogens is 1. The number of phosphoric ester groups is 1. The maximum atomic E-state index is 14.1. The number of hydrogen-bond acceptors (Lipinski definition) is 11. The summed E-state index contributed by atoms with van der Waals surface area (Å²) in [5, 5.41) is 20.5. The largest absolute Gasteiger partial charge is 0.490 e. The van der Waals surface area contributed by atoms with Crippen LogP contribution in [0.4, 0.5) is 4.39 Å². The minimum atomic E-state index is -5.73. The van der Waals surface area contributed by atoms with Crippen molar-refractivity contribution in [3.05, 3.63) is 34.4 Å². The van der Waals surface area contributed by atoms with E-state index >= 15 is 0 Å². The lowest BCUT2D eigenvalue weighted by atomic mass is 10.0. The second kappa shape index (κ2) is 9.57. The van der Waals surface area contributed by atoms with Crippen LogP contribution in [-0.2, 0) is 31.6 Å². The number of aliphatic hydroxyl groups excluding tert-OH is 2. The predicted octanol–water partition coefficient (Wildman–Crippen LogP) is 0.936. The fourth-order valence-corrected chi connectivity index (χ4v) is 6.21. The van der Waals surface area contributed by atoms with Crippen LogP contribution in [-0.4, -0.2) is 64.7 Å². The van der Waals surface area contributed by atoms with Gasteiger partial charge in [-0.05, 0) is 12.1 Å². The minimum Gasteiger partial charge on any atom is -0.387 e. The van der Waals surface area contributed by atoms with Crippen molar-refractivity contribution in [2.24, 2.45) is 0 Å². The quantitative estimate of drug-likeness (QED) is 0.178. The lowest BCUT2D eigenvalue weighted by Crippen LogP contribution is -2.33. The van der Waals surface area contributed by atoms with Crippen LogP contribution in [0.2, 0.25) is 0 Å². The van der Waals surface area contributed by atoms with Gasteiger partial charge in [-0.2, -0.15) is 8.62 Å². The number of hydrogen-bond donors (Lipinski definition) is 7. The lowest BCUT2D eigenvalue weighted by Gasteiger charge is -2.19. The molecular formula is C13H16FN2O13P3S. The Balaban J connectivity index is 1.74. The molecule has 1 fully saturated rings. The molecule has 0 aliphatic carbocycles. The highest BCUT2D eigenvalue weighted by Crippen LogP contribution is 2.66. The van der Waals surface area contributed by atoms with Gasteiger partial charge in [0.1, 0.15) is 40.5 Å². The molecule has 1 aliphatic heterocycles. The molecule has 3 unspecified atom stereocenters. The van der Waals surface area contributed by atoms with Gasteiger partial charge < -0.3 is 39.5 Å². The molecule has 15 nitrogen and oxygen atoms in total. The Labute approximate surface area is 188 Å². The summed E-state index contributed by atoms with van der Waals surface area (Å²) >= 11 is 5.15. The molecule has 2 aromatic heterocycles. The van der Waals surface area contributed by atoms with Gasteiger partial charge in [0, 0.05) is 11.8 Å². The molecule has 0 bridgehead atoms. The SMILES string of the molecule is O=P(O)(O)OP(=O)(O)OP(=O)(O)OC[C@H]1O[C@@H](c2cc3c(F)ccnc3[nH]c2=S)C(O)[C@H]1O. The fraction of sp³-hybridized carbons (Fsp3) is 0.385. The van der Waals surface area contributed by atoms with Crippen molar-refractivity contribution >= 4 is 46.7 Å². The molecule has 33 heavy (non-hydrogen) atoms. The summed E-state index contributed by atoms with van der Waals surface area (Å²) in [6, 6.07) is 2.32. The lowest BCUT2D eigenvalue weighted by molar-refractivity contribution is -0.0224. The minimum absolute atomic E-state index is 0.00287. The summed E-state index contributed by atoms with van der Waals surface area (Å²) in [5.74, 6) is -0.662. The average molecular weight is 552 g/mol. The van der Waals surface area contributed by atoms with Crippen molar-refractivity contribution in [3.8, 4) is 0 Å². The number of aromatic amines is 1. The van der Waals surface area contributed by atoms with Gasteiger partial charge in [0.15, 0.2) is 0 Å². The zero-order valence-corrected chi connectivity index (χ0v) is 19.4. The van der Waals surface area contributed by atoms with Crippen molar-refractivity contribution < 1.29 is 65.8 Å². The molecule has 2 aromatic rings. The number of ether oxygens (including phenoxy) is 1. The summed E-state index contributed by atoms with van der Waals surface area (Å²) < 4.78 is 64.8. The summed E-state index contributed by atoms with van der Waals surface area (Å²) in [5.41, 5.74) is 0.165. The van der Waals surface area contributed by atoms with E-state index in [1.54, 1.807) is 0 Å². The van der Waals surface area contributed by atoms with Crippen LogP contribution in [0.15, 0.2) is 18.3 Å². The van der Waals surface area contributed by atoms with Crippen molar-refractivity contribution in [1.82, 2.24) is 9.97 Å². The number of H-pyrrole nitrogens is 1. The normalized spacial score (nSPS) is 27.4. The zero-order valence-electron chi connectivity index (χ0n) is 15.9. The Morgan fingerprint density at radius 2 is 1.79 bits per heavy atom. The number of aliphatic hydroxyl groups is 2. The van der Waals surface area contributed by atoms with Crippen molar-refractivity contribution in [1.29, 1.82) is 0 Å². The highest BCUT2D eigenvalue weighted by molar-refractivity contribution is 7.71. The first-order valence-corrected chi connectivity index (χ1v) is 13.5. The number of nitrogens with zero attached hydrogens (tertiary/aromatic N) is 1. The van der Waals surface area contributed by atoms with E-state index in [1.807, 2.05) is 0 Å². The molecule has 3 rings (SSSR count). The molecule has 3 heterocycles. The van der Waals surface area contributed by atoms with E-state index in [0.717, 1.165) is 6.07 Å². The Hall–Kier alpha value is -1.00. The van der Waals surface area contributed by atoms with Gasteiger partial charge in [0.25, 0.3) is 0 Å². The van der Waals surface area contributed by atoms with Crippen LogP contribution in [0.3, 0.4) is 0 Å². The van der Waals surface area contributed by atoms with Gasteiger partial charge in [-0.3, -0.25) is 4.52 Å². The van der Waals surface area contributed by atoms with E-state index in [4.69, 9.17) is 31.6 Å². The third-order valence-electron chi connectivity index (χ3n) is 4.22. The standard InChI is InChI=1S/C13H16FN2O13P3S/c14-7-1-2-15-12-5(7)3-6(13(33)16-12)11-10(18)9(17)8(27-11)4-26-31(22,23)29-32(24,25)28-30(19,20)21/h1-3,8-11,17-18H,4H2,(H,22,23)(H,24,25)(H,15,16,33)(H2,19,20,21)/t8-,9+,10?,11+/m1/s1. The highest BCUT2D eigenvalue weighted by atomic mass is 32.1. The van der Waals surface area contributed by atoms with Crippen LogP contribution in [0.25, 0.3) is 11.0 Å². The summed E-state index contributed by atoms with van der Waals surface area (Å²) in [6.45, 7) is -1.00.